The summed E-state index contributed by atoms with van der Waals surface area (Å²) in [6.45, 7) is 1.12. The molecule has 1 aromatic heterocycles. The molecule has 1 aromatic carbocycles. The SMILES string of the molecule is Nc1ccc2c(c1)nc(C1CC1)n2CC1CCCCS1. The lowest BCUT2D eigenvalue weighted by Gasteiger charge is -2.23. The van der Waals surface area contributed by atoms with Crippen molar-refractivity contribution in [1.82, 2.24) is 9.55 Å². The summed E-state index contributed by atoms with van der Waals surface area (Å²) >= 11 is 2.14. The Balaban J connectivity index is 1.73. The third-order valence-corrected chi connectivity index (χ3v) is 5.79. The highest BCUT2D eigenvalue weighted by Gasteiger charge is 2.30. The fraction of sp³-hybridized carbons (Fsp3) is 0.562. The van der Waals surface area contributed by atoms with Gasteiger partial charge in [0.25, 0.3) is 0 Å². The minimum atomic E-state index is 0.692. The van der Waals surface area contributed by atoms with Gasteiger partial charge in [-0.2, -0.15) is 11.8 Å². The van der Waals surface area contributed by atoms with Gasteiger partial charge in [0.2, 0.25) is 0 Å². The van der Waals surface area contributed by atoms with Crippen molar-refractivity contribution in [1.29, 1.82) is 0 Å². The standard InChI is InChI=1S/C16H21N3S/c17-12-6-7-15-14(9-12)18-16(11-4-5-11)19(15)10-13-3-1-2-8-20-13/h6-7,9,11,13H,1-5,8,10,17H2. The first-order chi connectivity index (χ1) is 9.81. The van der Waals surface area contributed by atoms with Crippen LogP contribution in [0, 0.1) is 0 Å². The Bertz CT molecular complexity index is 624. The average molecular weight is 287 g/mol. The summed E-state index contributed by atoms with van der Waals surface area (Å²) in [4.78, 5) is 4.87. The van der Waals surface area contributed by atoms with Crippen LogP contribution in [0.1, 0.15) is 43.8 Å². The maximum atomic E-state index is 5.91. The van der Waals surface area contributed by atoms with E-state index in [0.717, 1.165) is 23.0 Å². The summed E-state index contributed by atoms with van der Waals surface area (Å²) < 4.78 is 2.48. The molecule has 1 saturated carbocycles. The molecule has 1 unspecified atom stereocenters. The fourth-order valence-electron chi connectivity index (χ4n) is 3.17. The summed E-state index contributed by atoms with van der Waals surface area (Å²) in [6.07, 6.45) is 6.73. The number of hydrogen-bond donors (Lipinski definition) is 1. The molecule has 4 heteroatoms. The van der Waals surface area contributed by atoms with Crippen LogP contribution in [0.25, 0.3) is 11.0 Å². The largest absolute Gasteiger partial charge is 0.399 e. The van der Waals surface area contributed by atoms with Crippen LogP contribution in [-0.2, 0) is 6.54 Å². The minimum Gasteiger partial charge on any atom is -0.399 e. The van der Waals surface area contributed by atoms with Crippen molar-refractivity contribution >= 4 is 28.5 Å². The zero-order chi connectivity index (χ0) is 13.5. The van der Waals surface area contributed by atoms with Gasteiger partial charge in [-0.05, 0) is 49.6 Å². The van der Waals surface area contributed by atoms with Gasteiger partial charge in [-0.3, -0.25) is 0 Å². The van der Waals surface area contributed by atoms with Gasteiger partial charge in [0.05, 0.1) is 11.0 Å². The molecule has 3 nitrogen and oxygen atoms in total. The van der Waals surface area contributed by atoms with E-state index in [9.17, 15) is 0 Å². The Labute approximate surface area is 123 Å². The summed E-state index contributed by atoms with van der Waals surface area (Å²) in [5.41, 5.74) is 9.07. The van der Waals surface area contributed by atoms with E-state index in [2.05, 4.69) is 22.4 Å². The first-order valence-corrected chi connectivity index (χ1v) is 8.73. The summed E-state index contributed by atoms with van der Waals surface area (Å²) in [5, 5.41) is 0.760. The predicted octanol–water partition coefficient (Wildman–Crippen LogP) is 3.78. The number of nitrogens with two attached hydrogens (primary N) is 1. The first kappa shape index (κ1) is 12.6. The molecule has 0 bridgehead atoms. The van der Waals surface area contributed by atoms with Gasteiger partial charge in [0, 0.05) is 23.4 Å². The number of benzene rings is 1. The molecule has 1 saturated heterocycles. The Hall–Kier alpha value is -1.16. The molecule has 2 N–H and O–H groups in total. The van der Waals surface area contributed by atoms with Gasteiger partial charge >= 0.3 is 0 Å². The number of fused-ring (bicyclic) bond motifs is 1. The molecule has 106 valence electrons. The Morgan fingerprint density at radius 3 is 2.90 bits per heavy atom. The maximum Gasteiger partial charge on any atom is 0.113 e. The number of nitrogens with zero attached hydrogens (tertiary/aromatic N) is 2. The molecule has 2 heterocycles. The van der Waals surface area contributed by atoms with Crippen LogP contribution < -0.4 is 5.73 Å². The third-order valence-electron chi connectivity index (χ3n) is 4.40. The predicted molar refractivity (Wildman–Crippen MR) is 86.2 cm³/mol. The van der Waals surface area contributed by atoms with E-state index in [4.69, 9.17) is 10.7 Å². The number of rotatable bonds is 3. The number of thioether (sulfide) groups is 1. The molecule has 0 radical (unpaired) electrons. The molecule has 4 rings (SSSR count). The zero-order valence-corrected chi connectivity index (χ0v) is 12.5. The molecule has 20 heavy (non-hydrogen) atoms. The molecule has 2 aliphatic rings. The van der Waals surface area contributed by atoms with Gasteiger partial charge in [-0.15, -0.1) is 0 Å². The number of imidazole rings is 1. The lowest BCUT2D eigenvalue weighted by Crippen LogP contribution is -2.18. The highest BCUT2D eigenvalue weighted by atomic mass is 32.2. The third kappa shape index (κ3) is 2.30. The summed E-state index contributed by atoms with van der Waals surface area (Å²) in [7, 11) is 0. The van der Waals surface area contributed by atoms with Crippen LogP contribution in [0.15, 0.2) is 18.2 Å². The van der Waals surface area contributed by atoms with Crippen LogP contribution in [0.5, 0.6) is 0 Å². The van der Waals surface area contributed by atoms with Crippen LogP contribution in [-0.4, -0.2) is 20.6 Å². The normalized spacial score (nSPS) is 23.3. The van der Waals surface area contributed by atoms with E-state index >= 15 is 0 Å². The second-order valence-electron chi connectivity index (χ2n) is 6.09. The van der Waals surface area contributed by atoms with Crippen molar-refractivity contribution in [3.05, 3.63) is 24.0 Å². The van der Waals surface area contributed by atoms with Crippen molar-refractivity contribution in [3.8, 4) is 0 Å². The quantitative estimate of drug-likeness (QED) is 0.874. The van der Waals surface area contributed by atoms with Crippen molar-refractivity contribution < 1.29 is 0 Å². The molecule has 1 aliphatic heterocycles. The molecular weight excluding hydrogens is 266 g/mol. The van der Waals surface area contributed by atoms with Gasteiger partial charge in [-0.25, -0.2) is 4.98 Å². The molecule has 0 spiro atoms. The fourth-order valence-corrected chi connectivity index (χ4v) is 4.46. The van der Waals surface area contributed by atoms with E-state index in [1.54, 1.807) is 0 Å². The highest BCUT2D eigenvalue weighted by Crippen LogP contribution is 2.41. The molecule has 2 fully saturated rings. The average Bonchev–Trinajstić information content (AvgIpc) is 3.24. The Morgan fingerprint density at radius 1 is 1.25 bits per heavy atom. The lowest BCUT2D eigenvalue weighted by molar-refractivity contribution is 0.576. The van der Waals surface area contributed by atoms with Crippen LogP contribution in [0.3, 0.4) is 0 Å². The van der Waals surface area contributed by atoms with Gasteiger partial charge in [0.15, 0.2) is 0 Å². The first-order valence-electron chi connectivity index (χ1n) is 7.68. The second-order valence-corrected chi connectivity index (χ2v) is 7.50. The van der Waals surface area contributed by atoms with E-state index in [0.29, 0.717) is 5.92 Å². The topological polar surface area (TPSA) is 43.8 Å². The van der Waals surface area contributed by atoms with Crippen molar-refractivity contribution in [2.24, 2.45) is 0 Å². The van der Waals surface area contributed by atoms with Crippen LogP contribution in [0.4, 0.5) is 5.69 Å². The molecule has 2 aromatic rings. The summed E-state index contributed by atoms with van der Waals surface area (Å²) in [5.74, 6) is 3.32. The second kappa shape index (κ2) is 4.99. The van der Waals surface area contributed by atoms with Gasteiger partial charge in [0.1, 0.15) is 5.82 Å². The Morgan fingerprint density at radius 2 is 2.15 bits per heavy atom. The summed E-state index contributed by atoms with van der Waals surface area (Å²) in [6, 6.07) is 6.17. The number of hydrogen-bond acceptors (Lipinski definition) is 3. The number of nitrogen functional groups attached to an aromatic ring is 1. The van der Waals surface area contributed by atoms with Crippen molar-refractivity contribution in [3.63, 3.8) is 0 Å². The van der Waals surface area contributed by atoms with Gasteiger partial charge < -0.3 is 10.3 Å². The lowest BCUT2D eigenvalue weighted by atomic mass is 10.2. The smallest absolute Gasteiger partial charge is 0.113 e. The van der Waals surface area contributed by atoms with E-state index < -0.39 is 0 Å². The van der Waals surface area contributed by atoms with Crippen LogP contribution in [0.2, 0.25) is 0 Å². The number of anilines is 1. The molecule has 0 amide bonds. The zero-order valence-electron chi connectivity index (χ0n) is 11.7. The number of aromatic nitrogens is 2. The van der Waals surface area contributed by atoms with Gasteiger partial charge in [-0.1, -0.05) is 6.42 Å². The molecule has 1 atom stereocenters. The molecule has 1 aliphatic carbocycles. The van der Waals surface area contributed by atoms with Crippen molar-refractivity contribution in [2.45, 2.75) is 49.8 Å². The van der Waals surface area contributed by atoms with E-state index in [-0.39, 0.29) is 0 Å². The van der Waals surface area contributed by atoms with Crippen LogP contribution >= 0.6 is 11.8 Å². The van der Waals surface area contributed by atoms with Crippen molar-refractivity contribution in [2.75, 3.05) is 11.5 Å². The maximum absolute atomic E-state index is 5.91. The Kier molecular flexibility index (Phi) is 3.14. The van der Waals surface area contributed by atoms with E-state index in [1.807, 2.05) is 12.1 Å². The van der Waals surface area contributed by atoms with E-state index in [1.165, 1.54) is 49.2 Å². The highest BCUT2D eigenvalue weighted by molar-refractivity contribution is 7.99. The monoisotopic (exact) mass is 287 g/mol. The molecular formula is C16H21N3S. The minimum absolute atomic E-state index is 0.692.